The zero-order valence-corrected chi connectivity index (χ0v) is 18.5. The first-order valence-electron chi connectivity index (χ1n) is 10.3. The minimum Gasteiger partial charge on any atom is -0.357 e. The molecule has 1 N–H and O–H groups in total. The van der Waals surface area contributed by atoms with E-state index >= 15 is 0 Å². The highest BCUT2D eigenvalue weighted by molar-refractivity contribution is 6.30. The number of halogens is 1. The van der Waals surface area contributed by atoms with Crippen LogP contribution in [0, 0.1) is 0 Å². The Morgan fingerprint density at radius 3 is 1.87 bits per heavy atom. The maximum Gasteiger partial charge on any atom is 0.242 e. The normalized spacial score (nSPS) is 11.7. The van der Waals surface area contributed by atoms with Gasteiger partial charge < -0.3 is 10.2 Å². The van der Waals surface area contributed by atoms with Gasteiger partial charge in [-0.1, -0.05) is 84.4 Å². The molecule has 0 aliphatic carbocycles. The molecule has 3 rings (SSSR count). The predicted octanol–water partition coefficient (Wildman–Crippen LogP) is 5.03. The standard InChI is InChI=1S/C26H27ClN2O2/c1-19(26(31)28-2)29(18-20-13-15-23(27)16-14-20)25(30)17-24(21-9-5-3-6-10-21)22-11-7-4-8-12-22/h3-16,19,24H,17-18H2,1-2H3,(H,28,31)/t19-/m0/s1. The van der Waals surface area contributed by atoms with Gasteiger partial charge in [0.25, 0.3) is 0 Å². The Hall–Kier alpha value is -3.11. The van der Waals surface area contributed by atoms with Crippen LogP contribution in [-0.4, -0.2) is 29.8 Å². The van der Waals surface area contributed by atoms with Crippen molar-refractivity contribution in [2.45, 2.75) is 31.8 Å². The van der Waals surface area contributed by atoms with E-state index in [9.17, 15) is 9.59 Å². The maximum atomic E-state index is 13.6. The van der Waals surface area contributed by atoms with Crippen LogP contribution in [-0.2, 0) is 16.1 Å². The molecule has 0 aliphatic heterocycles. The minimum absolute atomic E-state index is 0.0799. The van der Waals surface area contributed by atoms with Crippen molar-refractivity contribution in [3.05, 3.63) is 107 Å². The molecule has 0 saturated carbocycles. The smallest absolute Gasteiger partial charge is 0.242 e. The number of carbonyl (C=O) groups excluding carboxylic acids is 2. The third-order valence-electron chi connectivity index (χ3n) is 5.46. The summed E-state index contributed by atoms with van der Waals surface area (Å²) in [6.45, 7) is 2.09. The zero-order valence-electron chi connectivity index (χ0n) is 17.8. The molecule has 0 fully saturated rings. The lowest BCUT2D eigenvalue weighted by atomic mass is 9.88. The maximum absolute atomic E-state index is 13.6. The fraction of sp³-hybridized carbons (Fsp3) is 0.231. The molecule has 0 aromatic heterocycles. The highest BCUT2D eigenvalue weighted by atomic mass is 35.5. The summed E-state index contributed by atoms with van der Waals surface area (Å²) in [7, 11) is 1.58. The number of hydrogen-bond donors (Lipinski definition) is 1. The lowest BCUT2D eigenvalue weighted by Crippen LogP contribution is -2.47. The molecule has 2 amide bonds. The SMILES string of the molecule is CNC(=O)[C@H](C)N(Cc1ccc(Cl)cc1)C(=O)CC(c1ccccc1)c1ccccc1. The lowest BCUT2D eigenvalue weighted by molar-refractivity contribution is -0.140. The summed E-state index contributed by atoms with van der Waals surface area (Å²) in [6.07, 6.45) is 0.267. The summed E-state index contributed by atoms with van der Waals surface area (Å²) < 4.78 is 0. The van der Waals surface area contributed by atoms with Crippen molar-refractivity contribution in [2.24, 2.45) is 0 Å². The Kier molecular flexibility index (Phi) is 7.85. The molecular formula is C26H27ClN2O2. The van der Waals surface area contributed by atoms with Gasteiger partial charge in [0.1, 0.15) is 6.04 Å². The fourth-order valence-electron chi connectivity index (χ4n) is 3.67. The molecule has 31 heavy (non-hydrogen) atoms. The molecule has 1 atom stereocenters. The van der Waals surface area contributed by atoms with Crippen LogP contribution in [0.4, 0.5) is 0 Å². The average Bonchev–Trinajstić information content (AvgIpc) is 2.82. The van der Waals surface area contributed by atoms with Crippen molar-refractivity contribution in [2.75, 3.05) is 7.05 Å². The first-order valence-corrected chi connectivity index (χ1v) is 10.7. The second-order valence-electron chi connectivity index (χ2n) is 7.52. The number of benzene rings is 3. The van der Waals surface area contributed by atoms with Crippen molar-refractivity contribution in [3.63, 3.8) is 0 Å². The van der Waals surface area contributed by atoms with Crippen LogP contribution in [0.2, 0.25) is 5.02 Å². The Bertz CT molecular complexity index is 951. The quantitative estimate of drug-likeness (QED) is 0.540. The third kappa shape index (κ3) is 5.96. The summed E-state index contributed by atoms with van der Waals surface area (Å²) in [5.74, 6) is -0.374. The minimum atomic E-state index is -0.597. The van der Waals surface area contributed by atoms with E-state index in [1.54, 1.807) is 31.0 Å². The highest BCUT2D eigenvalue weighted by Crippen LogP contribution is 2.29. The number of amides is 2. The van der Waals surface area contributed by atoms with Crippen LogP contribution in [0.5, 0.6) is 0 Å². The van der Waals surface area contributed by atoms with Crippen LogP contribution >= 0.6 is 11.6 Å². The van der Waals surface area contributed by atoms with E-state index in [0.717, 1.165) is 16.7 Å². The van der Waals surface area contributed by atoms with E-state index in [1.807, 2.05) is 72.8 Å². The van der Waals surface area contributed by atoms with Crippen LogP contribution in [0.15, 0.2) is 84.9 Å². The largest absolute Gasteiger partial charge is 0.357 e. The third-order valence-corrected chi connectivity index (χ3v) is 5.71. The van der Waals surface area contributed by atoms with E-state index < -0.39 is 6.04 Å². The summed E-state index contributed by atoms with van der Waals surface area (Å²) in [5.41, 5.74) is 3.06. The lowest BCUT2D eigenvalue weighted by Gasteiger charge is -2.30. The van der Waals surface area contributed by atoms with Crippen molar-refractivity contribution in [1.29, 1.82) is 0 Å². The van der Waals surface area contributed by atoms with Crippen molar-refractivity contribution >= 4 is 23.4 Å². The number of likely N-dealkylation sites (N-methyl/N-ethyl adjacent to an activating group) is 1. The molecule has 4 nitrogen and oxygen atoms in total. The number of nitrogens with one attached hydrogen (secondary N) is 1. The summed E-state index contributed by atoms with van der Waals surface area (Å²) in [5, 5.41) is 3.29. The molecule has 0 bridgehead atoms. The van der Waals surface area contributed by atoms with Gasteiger partial charge in [-0.25, -0.2) is 0 Å². The van der Waals surface area contributed by atoms with Gasteiger partial charge in [-0.2, -0.15) is 0 Å². The summed E-state index contributed by atoms with van der Waals surface area (Å²) in [6, 6.07) is 26.8. The predicted molar refractivity (Wildman–Crippen MR) is 125 cm³/mol. The van der Waals surface area contributed by atoms with Crippen LogP contribution in [0.25, 0.3) is 0 Å². The van der Waals surface area contributed by atoms with E-state index in [1.165, 1.54) is 0 Å². The summed E-state index contributed by atoms with van der Waals surface area (Å²) in [4.78, 5) is 27.6. The van der Waals surface area contributed by atoms with E-state index in [0.29, 0.717) is 11.6 Å². The Morgan fingerprint density at radius 2 is 1.39 bits per heavy atom. The monoisotopic (exact) mass is 434 g/mol. The van der Waals surface area contributed by atoms with Gasteiger partial charge in [0.2, 0.25) is 11.8 Å². The molecule has 3 aromatic rings. The van der Waals surface area contributed by atoms with E-state index in [4.69, 9.17) is 11.6 Å². The van der Waals surface area contributed by atoms with Crippen LogP contribution in [0.1, 0.15) is 36.0 Å². The van der Waals surface area contributed by atoms with Crippen LogP contribution < -0.4 is 5.32 Å². The van der Waals surface area contributed by atoms with Gasteiger partial charge in [-0.15, -0.1) is 0 Å². The first kappa shape index (κ1) is 22.6. The van der Waals surface area contributed by atoms with Crippen LogP contribution in [0.3, 0.4) is 0 Å². The zero-order chi connectivity index (χ0) is 22.2. The number of carbonyl (C=O) groups is 2. The molecular weight excluding hydrogens is 408 g/mol. The first-order chi connectivity index (χ1) is 15.0. The van der Waals surface area contributed by atoms with E-state index in [2.05, 4.69) is 5.32 Å². The van der Waals surface area contributed by atoms with Crippen molar-refractivity contribution in [3.8, 4) is 0 Å². The van der Waals surface area contributed by atoms with Gasteiger partial charge >= 0.3 is 0 Å². The Labute approximate surface area is 188 Å². The number of rotatable bonds is 8. The Balaban J connectivity index is 1.90. The summed E-state index contributed by atoms with van der Waals surface area (Å²) >= 11 is 6.01. The number of hydrogen-bond acceptors (Lipinski definition) is 2. The topological polar surface area (TPSA) is 49.4 Å². The Morgan fingerprint density at radius 1 is 0.871 bits per heavy atom. The molecule has 0 radical (unpaired) electrons. The molecule has 0 spiro atoms. The van der Waals surface area contributed by atoms with Crippen molar-refractivity contribution in [1.82, 2.24) is 10.2 Å². The molecule has 0 aliphatic rings. The fourth-order valence-corrected chi connectivity index (χ4v) is 3.79. The molecule has 0 saturated heterocycles. The number of nitrogens with zero attached hydrogens (tertiary/aromatic N) is 1. The molecule has 0 heterocycles. The van der Waals surface area contributed by atoms with Gasteiger partial charge in [-0.3, -0.25) is 9.59 Å². The van der Waals surface area contributed by atoms with Gasteiger partial charge in [0.05, 0.1) is 0 Å². The second kappa shape index (κ2) is 10.8. The van der Waals surface area contributed by atoms with Crippen molar-refractivity contribution < 1.29 is 9.59 Å². The molecule has 0 unspecified atom stereocenters. The second-order valence-corrected chi connectivity index (χ2v) is 7.95. The average molecular weight is 435 g/mol. The van der Waals surface area contributed by atoms with Gasteiger partial charge in [0.15, 0.2) is 0 Å². The van der Waals surface area contributed by atoms with Gasteiger partial charge in [0, 0.05) is 31.0 Å². The molecule has 3 aromatic carbocycles. The highest BCUT2D eigenvalue weighted by Gasteiger charge is 2.28. The molecule has 5 heteroatoms. The van der Waals surface area contributed by atoms with Gasteiger partial charge in [-0.05, 0) is 35.7 Å². The molecule has 160 valence electrons. The van der Waals surface area contributed by atoms with E-state index in [-0.39, 0.29) is 24.2 Å².